The topological polar surface area (TPSA) is 261 Å². The third-order valence-electron chi connectivity index (χ3n) is 15.7. The average Bonchev–Trinajstić information content (AvgIpc) is 2.18. The molecule has 22 nitrogen and oxygen atoms in total. The zero-order valence-corrected chi connectivity index (χ0v) is 53.5. The molecule has 2 aliphatic heterocycles. The lowest BCUT2D eigenvalue weighted by Crippen LogP contribution is -2.58. The van der Waals surface area contributed by atoms with Crippen molar-refractivity contribution in [2.45, 2.75) is 122 Å². The Morgan fingerprint density at radius 3 is 2.10 bits per heavy atom. The van der Waals surface area contributed by atoms with E-state index >= 15 is 0 Å². The lowest BCUT2D eigenvalue weighted by molar-refractivity contribution is -0.162. The second-order valence-corrected chi connectivity index (χ2v) is 23.8. The molecule has 4 N–H and O–H groups in total. The van der Waals surface area contributed by atoms with Gasteiger partial charge in [0.1, 0.15) is 36.6 Å². The summed E-state index contributed by atoms with van der Waals surface area (Å²) in [5.41, 5.74) is 6.09. The number of rotatable bonds is 31. The molecule has 5 amide bonds. The molecular weight excluding hydrogens is 1160 g/mol. The number of aliphatic hydroxyl groups is 1. The summed E-state index contributed by atoms with van der Waals surface area (Å²) in [4.78, 5) is 91.2. The van der Waals surface area contributed by atoms with E-state index in [1.807, 2.05) is 62.4 Å². The van der Waals surface area contributed by atoms with Crippen LogP contribution in [0.4, 0.5) is 0 Å². The highest BCUT2D eigenvalue weighted by molar-refractivity contribution is 7.13. The molecular formula is C66H86N6O16S. The molecule has 3 heterocycles. The number of esters is 1. The van der Waals surface area contributed by atoms with E-state index in [1.165, 1.54) is 26.2 Å². The number of carbonyl (C=O) groups is 6. The number of aryl methyl sites for hydroxylation is 2. The highest BCUT2D eigenvalue weighted by atomic mass is 32.1. The number of aliphatic hydroxyl groups excluding tert-OH is 1. The summed E-state index contributed by atoms with van der Waals surface area (Å²) in [6, 6.07) is 21.2. The van der Waals surface area contributed by atoms with Gasteiger partial charge in [0.2, 0.25) is 29.4 Å². The summed E-state index contributed by atoms with van der Waals surface area (Å²) in [5.74, 6) is -0.472. The first-order chi connectivity index (χ1) is 42.8. The Morgan fingerprint density at radius 2 is 1.44 bits per heavy atom. The number of aromatic nitrogens is 1. The smallest absolute Gasteiger partial charge is 0.329 e. The van der Waals surface area contributed by atoms with E-state index in [0.29, 0.717) is 77.9 Å². The molecule has 2 fully saturated rings. The van der Waals surface area contributed by atoms with Crippen LogP contribution >= 0.6 is 11.3 Å². The van der Waals surface area contributed by atoms with Crippen LogP contribution in [0.25, 0.3) is 10.4 Å². The number of hydrogen-bond donors (Lipinski definition) is 4. The molecule has 0 aliphatic carbocycles. The van der Waals surface area contributed by atoms with Crippen molar-refractivity contribution >= 4 is 46.8 Å². The highest BCUT2D eigenvalue weighted by Crippen LogP contribution is 2.42. The maximum atomic E-state index is 14.6. The van der Waals surface area contributed by atoms with Gasteiger partial charge in [-0.3, -0.25) is 24.0 Å². The minimum Gasteiger partial charge on any atom is -0.493 e. The fourth-order valence-electron chi connectivity index (χ4n) is 11.0. The number of amides is 5. The number of nitrogens with zero attached hydrogens (tertiary/aromatic N) is 3. The summed E-state index contributed by atoms with van der Waals surface area (Å²) in [5, 5.41) is 19.1. The van der Waals surface area contributed by atoms with Crippen LogP contribution < -0.4 is 44.4 Å². The van der Waals surface area contributed by atoms with E-state index in [2.05, 4.69) is 20.9 Å². The molecule has 0 spiro atoms. The second-order valence-electron chi connectivity index (χ2n) is 22.9. The number of hydrogen-bond acceptors (Lipinski definition) is 18. The van der Waals surface area contributed by atoms with Crippen molar-refractivity contribution in [3.05, 3.63) is 112 Å². The number of benzene rings is 4. The van der Waals surface area contributed by atoms with E-state index in [1.54, 1.807) is 87.1 Å². The lowest BCUT2D eigenvalue weighted by Gasteiger charge is -2.37. The van der Waals surface area contributed by atoms with E-state index in [-0.39, 0.29) is 65.0 Å². The fraction of sp³-hybridized carbons (Fsp3) is 0.500. The van der Waals surface area contributed by atoms with Crippen molar-refractivity contribution < 1.29 is 76.5 Å². The number of likely N-dealkylation sites (tertiary alicyclic amines) is 2. The van der Waals surface area contributed by atoms with Crippen LogP contribution in [0.1, 0.15) is 106 Å². The number of carbonyl (C=O) groups excluding carboxylic acids is 6. The molecule has 0 unspecified atom stereocenters. The molecule has 89 heavy (non-hydrogen) atoms. The van der Waals surface area contributed by atoms with Crippen molar-refractivity contribution in [2.24, 2.45) is 5.41 Å². The van der Waals surface area contributed by atoms with Crippen LogP contribution in [0, 0.1) is 12.3 Å². The number of thiazole rings is 1. The minimum atomic E-state index is -1.03. The van der Waals surface area contributed by atoms with Crippen molar-refractivity contribution in [2.75, 3.05) is 88.2 Å². The molecule has 6 atom stereocenters. The molecule has 2 aliphatic rings. The van der Waals surface area contributed by atoms with Gasteiger partial charge in [0.15, 0.2) is 29.6 Å². The predicted octanol–water partition coefficient (Wildman–Crippen LogP) is 7.29. The van der Waals surface area contributed by atoms with Gasteiger partial charge in [-0.15, -0.1) is 11.3 Å². The van der Waals surface area contributed by atoms with Gasteiger partial charge in [-0.2, -0.15) is 0 Å². The number of ether oxygens (including phenoxy) is 9. The summed E-state index contributed by atoms with van der Waals surface area (Å²) in [6.45, 7) is 9.56. The summed E-state index contributed by atoms with van der Waals surface area (Å²) in [6.07, 6.45) is 1.51. The molecule has 4 aromatic carbocycles. The molecule has 482 valence electrons. The molecule has 1 aromatic heterocycles. The summed E-state index contributed by atoms with van der Waals surface area (Å²) >= 11 is 1.56. The Hall–Kier alpha value is -7.99. The SMILES string of the molecule is CC[C@H](C(=O)N1CCCC[C@H]1C(=O)O[C@H](CCc1ccc(OC)c(OC)c1)c1cccc(OCC(=O)NCCOCCOCC(=O)N[C@H](C(=O)N2C[C@H](O)C[C@H]2C(=O)NCc2ccc(-c3scnc3C)cc2)C(C)(C)C)c1)c1cc(OC)c(OC)c(OC)c1. The van der Waals surface area contributed by atoms with Gasteiger partial charge in [0, 0.05) is 32.6 Å². The highest BCUT2D eigenvalue weighted by Gasteiger charge is 2.45. The van der Waals surface area contributed by atoms with E-state index in [0.717, 1.165) is 40.1 Å². The number of piperidine rings is 1. The molecule has 2 saturated heterocycles. The number of nitrogens with one attached hydrogen (secondary N) is 3. The van der Waals surface area contributed by atoms with Crippen LogP contribution in [0.15, 0.2) is 84.4 Å². The van der Waals surface area contributed by atoms with Crippen LogP contribution in [0.3, 0.4) is 0 Å². The van der Waals surface area contributed by atoms with Crippen LogP contribution in [0.5, 0.6) is 34.5 Å². The van der Waals surface area contributed by atoms with Crippen molar-refractivity contribution in [3.8, 4) is 44.9 Å². The van der Waals surface area contributed by atoms with Crippen LogP contribution in [0.2, 0.25) is 0 Å². The standard InChI is InChI=1S/C66H86N6O16S/c1-11-49(46-33-55(82-8)59(84-10)56(34-46)83-9)63(77)71-27-13-12-17-50(71)65(79)88-52(24-20-42-21-25-53(80-6)54(31-42)81-7)45-15-14-16-48(32-45)87-39-57(74)67-26-28-85-29-30-86-38-58(75)70-61(66(3,4)5)64(78)72-37-47(73)35-51(72)62(76)68-36-43-18-22-44(23-19-43)60-41(2)69-40-89-60/h14-16,18-19,21-23,25,31-34,40,47,49-52,61,73H,11-13,17,20,24,26-30,35-39H2,1-10H3,(H,67,74)(H,68,76)(H,70,75)/t47-,49+,50+,51+,52-,61-/m1/s1. The first-order valence-corrected chi connectivity index (χ1v) is 30.9. The van der Waals surface area contributed by atoms with Gasteiger partial charge in [-0.25, -0.2) is 9.78 Å². The molecule has 0 radical (unpaired) electrons. The lowest BCUT2D eigenvalue weighted by atomic mass is 9.85. The Balaban J connectivity index is 0.873. The largest absolute Gasteiger partial charge is 0.493 e. The first kappa shape index (κ1) is 68.5. The molecule has 0 bridgehead atoms. The van der Waals surface area contributed by atoms with E-state index in [9.17, 15) is 33.9 Å². The van der Waals surface area contributed by atoms with Crippen LogP contribution in [-0.2, 0) is 55.9 Å². The van der Waals surface area contributed by atoms with Crippen LogP contribution in [-0.4, -0.2) is 168 Å². The monoisotopic (exact) mass is 1250 g/mol. The van der Waals surface area contributed by atoms with E-state index in [4.69, 9.17) is 42.6 Å². The van der Waals surface area contributed by atoms with Crippen molar-refractivity contribution in [1.82, 2.24) is 30.7 Å². The second kappa shape index (κ2) is 33.0. The predicted molar refractivity (Wildman–Crippen MR) is 333 cm³/mol. The normalized spacial score (nSPS) is 16.7. The zero-order valence-electron chi connectivity index (χ0n) is 52.7. The Morgan fingerprint density at radius 1 is 0.730 bits per heavy atom. The van der Waals surface area contributed by atoms with Gasteiger partial charge in [-0.05, 0) is 115 Å². The summed E-state index contributed by atoms with van der Waals surface area (Å²) in [7, 11) is 7.68. The zero-order chi connectivity index (χ0) is 64.2. The maximum Gasteiger partial charge on any atom is 0.329 e. The molecule has 23 heteroatoms. The van der Waals surface area contributed by atoms with Gasteiger partial charge in [0.25, 0.3) is 5.91 Å². The molecule has 5 aromatic rings. The van der Waals surface area contributed by atoms with Gasteiger partial charge >= 0.3 is 5.97 Å². The number of methoxy groups -OCH3 is 5. The van der Waals surface area contributed by atoms with E-state index < -0.39 is 71.3 Å². The Bertz CT molecular complexity index is 3160. The van der Waals surface area contributed by atoms with Crippen molar-refractivity contribution in [1.29, 1.82) is 0 Å². The summed E-state index contributed by atoms with van der Waals surface area (Å²) < 4.78 is 51.3. The van der Waals surface area contributed by atoms with Gasteiger partial charge in [-0.1, -0.05) is 70.2 Å². The average molecular weight is 1250 g/mol. The molecule has 0 saturated carbocycles. The van der Waals surface area contributed by atoms with Crippen molar-refractivity contribution in [3.63, 3.8) is 0 Å². The fourth-order valence-corrected chi connectivity index (χ4v) is 11.8. The Kier molecular flexibility index (Phi) is 25.4. The maximum absolute atomic E-state index is 14.6. The third-order valence-corrected chi connectivity index (χ3v) is 16.7. The van der Waals surface area contributed by atoms with Gasteiger partial charge < -0.3 is 73.5 Å². The first-order valence-electron chi connectivity index (χ1n) is 30.0. The Labute approximate surface area is 525 Å². The number of β-amino-alcohol motifs (C(OH)–C–C–N with tert-alkyl or cyclic N) is 1. The quantitative estimate of drug-likeness (QED) is 0.0251. The third kappa shape index (κ3) is 18.6. The molecule has 7 rings (SSSR count). The van der Waals surface area contributed by atoms with Gasteiger partial charge in [0.05, 0.1) is 83.5 Å². The minimum absolute atomic E-state index is 0.0423.